The summed E-state index contributed by atoms with van der Waals surface area (Å²) in [5.74, 6) is -0.229. The molecule has 0 aliphatic rings. The first-order valence-corrected chi connectivity index (χ1v) is 6.62. The molecule has 1 aromatic carbocycles. The summed E-state index contributed by atoms with van der Waals surface area (Å²) in [4.78, 5) is 24.8. The van der Waals surface area contributed by atoms with E-state index in [2.05, 4.69) is 4.98 Å². The molecular formula is C15H11N3O5. The molecule has 0 saturated carbocycles. The van der Waals surface area contributed by atoms with Gasteiger partial charge in [-0.1, -0.05) is 6.07 Å². The Kier molecular flexibility index (Phi) is 3.63. The van der Waals surface area contributed by atoms with E-state index >= 15 is 0 Å². The molecule has 116 valence electrons. The standard InChI is InChI=1S/C15H11N3O5/c19-15(20)9-17-7-6-11-12(17)2-1-3-13(11)23-14-5-4-10(8-16-14)18(21)22/h1-8H,9H2,(H,19,20). The van der Waals surface area contributed by atoms with Crippen molar-refractivity contribution >= 4 is 22.6 Å². The van der Waals surface area contributed by atoms with Gasteiger partial charge >= 0.3 is 5.97 Å². The third kappa shape index (κ3) is 2.95. The predicted octanol–water partition coefficient (Wildman–Crippen LogP) is 2.82. The number of aromatic nitrogens is 2. The van der Waals surface area contributed by atoms with Gasteiger partial charge < -0.3 is 14.4 Å². The first-order chi connectivity index (χ1) is 11.0. The number of carbonyl (C=O) groups is 1. The molecule has 0 fully saturated rings. The van der Waals surface area contributed by atoms with Crippen LogP contribution in [0.3, 0.4) is 0 Å². The van der Waals surface area contributed by atoms with Gasteiger partial charge in [0.1, 0.15) is 18.5 Å². The Morgan fingerprint density at radius 1 is 1.30 bits per heavy atom. The van der Waals surface area contributed by atoms with Crippen LogP contribution in [0.4, 0.5) is 5.69 Å². The van der Waals surface area contributed by atoms with Gasteiger partial charge in [0.2, 0.25) is 5.88 Å². The number of pyridine rings is 1. The number of benzene rings is 1. The number of nitrogens with zero attached hydrogens (tertiary/aromatic N) is 3. The number of ether oxygens (including phenoxy) is 1. The highest BCUT2D eigenvalue weighted by atomic mass is 16.6. The lowest BCUT2D eigenvalue weighted by Crippen LogP contribution is -2.07. The van der Waals surface area contributed by atoms with E-state index in [4.69, 9.17) is 9.84 Å². The third-order valence-electron chi connectivity index (χ3n) is 3.23. The molecule has 2 aromatic heterocycles. The smallest absolute Gasteiger partial charge is 0.323 e. The molecule has 1 N–H and O–H groups in total. The average molecular weight is 313 g/mol. The van der Waals surface area contributed by atoms with Gasteiger partial charge in [-0.3, -0.25) is 14.9 Å². The summed E-state index contributed by atoms with van der Waals surface area (Å²) in [6.07, 6.45) is 2.78. The van der Waals surface area contributed by atoms with Crippen LogP contribution in [0.15, 0.2) is 48.8 Å². The maximum absolute atomic E-state index is 10.9. The summed E-state index contributed by atoms with van der Waals surface area (Å²) < 4.78 is 7.24. The van der Waals surface area contributed by atoms with Crippen LogP contribution < -0.4 is 4.74 Å². The minimum atomic E-state index is -0.939. The Labute approximate surface area is 129 Å². The molecule has 0 spiro atoms. The van der Waals surface area contributed by atoms with Gasteiger partial charge in [-0.2, -0.15) is 0 Å². The maximum atomic E-state index is 10.9. The Morgan fingerprint density at radius 2 is 2.13 bits per heavy atom. The van der Waals surface area contributed by atoms with Gasteiger partial charge in [0.25, 0.3) is 5.69 Å². The monoisotopic (exact) mass is 313 g/mol. The molecule has 23 heavy (non-hydrogen) atoms. The van der Waals surface area contributed by atoms with Crippen molar-refractivity contribution in [1.29, 1.82) is 0 Å². The zero-order valence-electron chi connectivity index (χ0n) is 11.7. The van der Waals surface area contributed by atoms with Crippen LogP contribution in [0.1, 0.15) is 0 Å². The molecule has 0 radical (unpaired) electrons. The molecular weight excluding hydrogens is 302 g/mol. The second kappa shape index (κ2) is 5.76. The molecule has 0 amide bonds. The number of nitro groups is 1. The van der Waals surface area contributed by atoms with Crippen LogP contribution in [0.2, 0.25) is 0 Å². The number of carboxylic acid groups (broad SMARTS) is 1. The fourth-order valence-corrected chi connectivity index (χ4v) is 2.22. The lowest BCUT2D eigenvalue weighted by Gasteiger charge is -2.07. The number of hydrogen-bond acceptors (Lipinski definition) is 5. The van der Waals surface area contributed by atoms with Gasteiger partial charge in [0, 0.05) is 23.7 Å². The predicted molar refractivity (Wildman–Crippen MR) is 80.5 cm³/mol. The summed E-state index contributed by atoms with van der Waals surface area (Å²) in [5.41, 5.74) is 0.593. The zero-order chi connectivity index (χ0) is 16.4. The topological polar surface area (TPSA) is 107 Å². The molecule has 8 nitrogen and oxygen atoms in total. The molecule has 0 saturated heterocycles. The van der Waals surface area contributed by atoms with E-state index in [-0.39, 0.29) is 18.1 Å². The van der Waals surface area contributed by atoms with E-state index in [0.29, 0.717) is 11.3 Å². The summed E-state index contributed by atoms with van der Waals surface area (Å²) in [7, 11) is 0. The third-order valence-corrected chi connectivity index (χ3v) is 3.23. The van der Waals surface area contributed by atoms with Crippen molar-refractivity contribution in [2.75, 3.05) is 0 Å². The van der Waals surface area contributed by atoms with Crippen molar-refractivity contribution in [3.05, 3.63) is 58.9 Å². The van der Waals surface area contributed by atoms with Gasteiger partial charge in [0.15, 0.2) is 0 Å². The first kappa shape index (κ1) is 14.5. The molecule has 0 aliphatic heterocycles. The van der Waals surface area contributed by atoms with E-state index in [1.165, 1.54) is 12.1 Å². The van der Waals surface area contributed by atoms with E-state index in [1.807, 2.05) is 0 Å². The summed E-state index contributed by atoms with van der Waals surface area (Å²) >= 11 is 0. The molecule has 3 rings (SSSR count). The highest BCUT2D eigenvalue weighted by Gasteiger charge is 2.11. The summed E-state index contributed by atoms with van der Waals surface area (Å²) in [6, 6.07) is 9.70. The van der Waals surface area contributed by atoms with Crippen LogP contribution in [0.25, 0.3) is 10.9 Å². The quantitative estimate of drug-likeness (QED) is 0.573. The van der Waals surface area contributed by atoms with Gasteiger partial charge in [-0.25, -0.2) is 4.98 Å². The maximum Gasteiger partial charge on any atom is 0.323 e. The van der Waals surface area contributed by atoms with Crippen LogP contribution in [0.5, 0.6) is 11.6 Å². The van der Waals surface area contributed by atoms with Crippen LogP contribution in [0, 0.1) is 10.1 Å². The van der Waals surface area contributed by atoms with Crippen molar-refractivity contribution in [2.24, 2.45) is 0 Å². The van der Waals surface area contributed by atoms with E-state index in [1.54, 1.807) is 35.0 Å². The minimum absolute atomic E-state index is 0.122. The molecule has 0 bridgehead atoms. The molecule has 0 unspecified atom stereocenters. The Balaban J connectivity index is 1.92. The SMILES string of the molecule is O=C(O)Cn1ccc2c(Oc3ccc([N+](=O)[O-])cn3)cccc21. The Hall–Kier alpha value is -3.42. The number of carboxylic acids is 1. The Morgan fingerprint density at radius 3 is 2.78 bits per heavy atom. The van der Waals surface area contributed by atoms with E-state index < -0.39 is 10.9 Å². The average Bonchev–Trinajstić information content (AvgIpc) is 2.91. The second-order valence-electron chi connectivity index (χ2n) is 4.74. The van der Waals surface area contributed by atoms with Crippen LogP contribution in [-0.4, -0.2) is 25.6 Å². The normalized spacial score (nSPS) is 10.6. The minimum Gasteiger partial charge on any atom is -0.480 e. The van der Waals surface area contributed by atoms with Crippen LogP contribution in [-0.2, 0) is 11.3 Å². The van der Waals surface area contributed by atoms with Gasteiger partial charge in [-0.05, 0) is 18.2 Å². The highest BCUT2D eigenvalue weighted by Crippen LogP contribution is 2.30. The fourth-order valence-electron chi connectivity index (χ4n) is 2.22. The van der Waals surface area contributed by atoms with Crippen molar-refractivity contribution in [1.82, 2.24) is 9.55 Å². The molecule has 0 atom stereocenters. The fraction of sp³-hybridized carbons (Fsp3) is 0.0667. The van der Waals surface area contributed by atoms with Crippen molar-refractivity contribution in [3.8, 4) is 11.6 Å². The molecule has 3 aromatic rings. The van der Waals surface area contributed by atoms with Gasteiger partial charge in [-0.15, -0.1) is 0 Å². The number of aliphatic carboxylic acids is 1. The second-order valence-corrected chi connectivity index (χ2v) is 4.74. The molecule has 8 heteroatoms. The number of hydrogen-bond donors (Lipinski definition) is 1. The van der Waals surface area contributed by atoms with E-state index in [0.717, 1.165) is 11.6 Å². The van der Waals surface area contributed by atoms with Crippen molar-refractivity contribution < 1.29 is 19.6 Å². The van der Waals surface area contributed by atoms with Crippen molar-refractivity contribution in [3.63, 3.8) is 0 Å². The summed E-state index contributed by atoms with van der Waals surface area (Å²) in [5, 5.41) is 20.2. The van der Waals surface area contributed by atoms with Gasteiger partial charge in [0.05, 0.1) is 10.4 Å². The lowest BCUT2D eigenvalue weighted by molar-refractivity contribution is -0.385. The number of rotatable bonds is 5. The lowest BCUT2D eigenvalue weighted by atomic mass is 10.2. The van der Waals surface area contributed by atoms with Crippen molar-refractivity contribution in [2.45, 2.75) is 6.54 Å². The zero-order valence-corrected chi connectivity index (χ0v) is 11.7. The van der Waals surface area contributed by atoms with E-state index in [9.17, 15) is 14.9 Å². The number of fused-ring (bicyclic) bond motifs is 1. The highest BCUT2D eigenvalue weighted by molar-refractivity contribution is 5.87. The molecule has 0 aliphatic carbocycles. The molecule has 2 heterocycles. The largest absolute Gasteiger partial charge is 0.480 e. The first-order valence-electron chi connectivity index (χ1n) is 6.62. The Bertz CT molecular complexity index is 886. The summed E-state index contributed by atoms with van der Waals surface area (Å²) in [6.45, 7) is -0.150. The van der Waals surface area contributed by atoms with Crippen LogP contribution >= 0.6 is 0 Å².